The predicted molar refractivity (Wildman–Crippen MR) is 99.8 cm³/mol. The summed E-state index contributed by atoms with van der Waals surface area (Å²) in [7, 11) is 0. The van der Waals surface area contributed by atoms with Gasteiger partial charge in [0.2, 0.25) is 0 Å². The van der Waals surface area contributed by atoms with Crippen LogP contribution in [0.15, 0.2) is 36.4 Å². The van der Waals surface area contributed by atoms with Crippen LogP contribution in [0, 0.1) is 6.07 Å². The summed E-state index contributed by atoms with van der Waals surface area (Å²) in [5.41, 5.74) is 7.37. The van der Waals surface area contributed by atoms with Gasteiger partial charge in [0.25, 0.3) is 0 Å². The Morgan fingerprint density at radius 3 is 2.48 bits per heavy atom. The van der Waals surface area contributed by atoms with Crippen LogP contribution < -0.4 is 0 Å². The molecule has 0 spiro atoms. The predicted octanol–water partition coefficient (Wildman–Crippen LogP) is 6.74. The van der Waals surface area contributed by atoms with E-state index in [1.165, 1.54) is 80.0 Å². The maximum atomic E-state index is 3.42. The zero-order chi connectivity index (χ0) is 15.9. The van der Waals surface area contributed by atoms with E-state index in [2.05, 4.69) is 43.3 Å². The summed E-state index contributed by atoms with van der Waals surface area (Å²) in [4.78, 5) is 0. The molecule has 2 aromatic carbocycles. The smallest absolute Gasteiger partial charge is 0.000718 e. The maximum Gasteiger partial charge on any atom is -0.000718 e. The van der Waals surface area contributed by atoms with Crippen molar-refractivity contribution in [3.63, 3.8) is 0 Å². The second kappa shape index (κ2) is 8.34. The van der Waals surface area contributed by atoms with Gasteiger partial charge in [0, 0.05) is 0 Å². The summed E-state index contributed by atoms with van der Waals surface area (Å²) in [6.45, 7) is 2.29. The topological polar surface area (TPSA) is 0 Å². The lowest BCUT2D eigenvalue weighted by Crippen LogP contribution is -1.91. The Morgan fingerprint density at radius 1 is 0.870 bits per heavy atom. The van der Waals surface area contributed by atoms with Crippen LogP contribution >= 0.6 is 0 Å². The Morgan fingerprint density at radius 2 is 1.65 bits per heavy atom. The molecule has 2 aromatic rings. The first-order chi connectivity index (χ1) is 11.4. The molecule has 0 saturated carbocycles. The molecule has 0 amide bonds. The van der Waals surface area contributed by atoms with Crippen molar-refractivity contribution in [2.45, 2.75) is 71.1 Å². The maximum absolute atomic E-state index is 3.42. The minimum Gasteiger partial charge on any atom is -0.0654 e. The molecule has 0 aliphatic heterocycles. The second-order valence-electron chi connectivity index (χ2n) is 6.92. The van der Waals surface area contributed by atoms with Gasteiger partial charge in [-0.3, -0.25) is 0 Å². The molecule has 0 N–H and O–H groups in total. The summed E-state index contributed by atoms with van der Waals surface area (Å²) in [5.74, 6) is 0. The molecule has 1 aliphatic rings. The molecule has 0 nitrogen and oxygen atoms in total. The van der Waals surface area contributed by atoms with E-state index in [9.17, 15) is 0 Å². The molecule has 0 heteroatoms. The van der Waals surface area contributed by atoms with E-state index in [-0.39, 0.29) is 0 Å². The van der Waals surface area contributed by atoms with Crippen LogP contribution in [0.2, 0.25) is 0 Å². The van der Waals surface area contributed by atoms with Crippen molar-refractivity contribution in [3.8, 4) is 11.1 Å². The Hall–Kier alpha value is -1.56. The van der Waals surface area contributed by atoms with Gasteiger partial charge in [-0.25, -0.2) is 0 Å². The molecule has 0 saturated heterocycles. The van der Waals surface area contributed by atoms with Crippen molar-refractivity contribution in [3.05, 3.63) is 59.2 Å². The van der Waals surface area contributed by atoms with Crippen LogP contribution in [-0.4, -0.2) is 0 Å². The molecule has 0 aromatic heterocycles. The molecule has 3 rings (SSSR count). The van der Waals surface area contributed by atoms with Gasteiger partial charge in [0.1, 0.15) is 0 Å². The van der Waals surface area contributed by atoms with Gasteiger partial charge in [-0.2, -0.15) is 0 Å². The monoisotopic (exact) mass is 305 g/mol. The van der Waals surface area contributed by atoms with Crippen molar-refractivity contribution in [2.75, 3.05) is 0 Å². The minimum absolute atomic E-state index is 1.07. The van der Waals surface area contributed by atoms with E-state index < -0.39 is 0 Å². The molecule has 1 aliphatic carbocycles. The fourth-order valence-electron chi connectivity index (χ4n) is 3.85. The van der Waals surface area contributed by atoms with Gasteiger partial charge in [0.05, 0.1) is 0 Å². The van der Waals surface area contributed by atoms with Gasteiger partial charge in [0.15, 0.2) is 0 Å². The summed E-state index contributed by atoms with van der Waals surface area (Å²) < 4.78 is 0. The summed E-state index contributed by atoms with van der Waals surface area (Å²) >= 11 is 0. The van der Waals surface area contributed by atoms with E-state index in [0.717, 1.165) is 6.42 Å². The lowest BCUT2D eigenvalue weighted by atomic mass is 9.95. The number of hydrogen-bond donors (Lipinski definition) is 0. The molecule has 0 heterocycles. The Balaban J connectivity index is 1.52. The number of benzene rings is 2. The minimum atomic E-state index is 1.07. The fraction of sp³-hybridized carbons (Fsp3) is 0.478. The van der Waals surface area contributed by atoms with Crippen molar-refractivity contribution >= 4 is 0 Å². The van der Waals surface area contributed by atoms with Crippen LogP contribution in [0.5, 0.6) is 0 Å². The number of fused-ring (bicyclic) bond motifs is 3. The first-order valence-corrected chi connectivity index (χ1v) is 9.51. The molecular formula is C23H29. The summed E-state index contributed by atoms with van der Waals surface area (Å²) in [5, 5.41) is 0. The quantitative estimate of drug-likeness (QED) is 0.384. The zero-order valence-corrected chi connectivity index (χ0v) is 14.5. The van der Waals surface area contributed by atoms with E-state index in [4.69, 9.17) is 0 Å². The van der Waals surface area contributed by atoms with Crippen LogP contribution in [0.25, 0.3) is 11.1 Å². The van der Waals surface area contributed by atoms with E-state index in [1.54, 1.807) is 5.56 Å². The van der Waals surface area contributed by atoms with Crippen LogP contribution in [0.1, 0.15) is 75.0 Å². The normalized spacial score (nSPS) is 12.2. The summed E-state index contributed by atoms with van der Waals surface area (Å²) in [6, 6.07) is 16.7. The Kier molecular flexibility index (Phi) is 5.91. The number of aryl methyl sites for hydroxylation is 1. The third-order valence-corrected chi connectivity index (χ3v) is 5.12. The number of unbranched alkanes of at least 4 members (excludes halogenated alkanes) is 7. The molecule has 1 radical (unpaired) electrons. The lowest BCUT2D eigenvalue weighted by Gasteiger charge is -2.09. The van der Waals surface area contributed by atoms with Crippen molar-refractivity contribution < 1.29 is 0 Å². The highest BCUT2D eigenvalue weighted by molar-refractivity contribution is 5.79. The molecule has 0 fully saturated rings. The van der Waals surface area contributed by atoms with Gasteiger partial charge in [-0.1, -0.05) is 88.3 Å². The average Bonchev–Trinajstić information content (AvgIpc) is 2.96. The third kappa shape index (κ3) is 4.05. The Bertz CT molecular complexity index is 624. The molecule has 23 heavy (non-hydrogen) atoms. The van der Waals surface area contributed by atoms with Crippen LogP contribution in [-0.2, 0) is 12.8 Å². The second-order valence-corrected chi connectivity index (χ2v) is 6.92. The number of rotatable bonds is 9. The van der Waals surface area contributed by atoms with Crippen LogP contribution in [0.3, 0.4) is 0 Å². The molecule has 0 unspecified atom stereocenters. The van der Waals surface area contributed by atoms with Gasteiger partial charge in [-0.05, 0) is 53.1 Å². The first-order valence-electron chi connectivity index (χ1n) is 9.51. The molecular weight excluding hydrogens is 276 g/mol. The summed E-state index contributed by atoms with van der Waals surface area (Å²) in [6.07, 6.45) is 13.4. The standard InChI is InChI=1S/C23H29/c1-2-3-4-5-6-7-8-9-13-19-15-12-16-21-18-20-14-10-11-17-22(20)23(19)21/h10-12,15-17H,2-9,13,18H2,1H3. The van der Waals surface area contributed by atoms with E-state index in [0.29, 0.717) is 0 Å². The average molecular weight is 305 g/mol. The zero-order valence-electron chi connectivity index (χ0n) is 14.5. The highest BCUT2D eigenvalue weighted by Crippen LogP contribution is 2.39. The highest BCUT2D eigenvalue weighted by atomic mass is 14.2. The molecule has 121 valence electrons. The Labute approximate surface area is 141 Å². The van der Waals surface area contributed by atoms with Crippen molar-refractivity contribution in [1.82, 2.24) is 0 Å². The van der Waals surface area contributed by atoms with Gasteiger partial charge >= 0.3 is 0 Å². The van der Waals surface area contributed by atoms with Gasteiger partial charge < -0.3 is 0 Å². The van der Waals surface area contributed by atoms with E-state index in [1.807, 2.05) is 6.07 Å². The first kappa shape index (κ1) is 16.3. The largest absolute Gasteiger partial charge is 0.0654 e. The molecule has 0 atom stereocenters. The third-order valence-electron chi connectivity index (χ3n) is 5.12. The highest BCUT2D eigenvalue weighted by Gasteiger charge is 2.20. The van der Waals surface area contributed by atoms with Crippen molar-refractivity contribution in [1.29, 1.82) is 0 Å². The fourth-order valence-corrected chi connectivity index (χ4v) is 3.85. The SMILES string of the molecule is CCCCCCCCCCc1cccc2c1-c1ccc[c]c1C2. The number of hydrogen-bond acceptors (Lipinski definition) is 0. The van der Waals surface area contributed by atoms with E-state index >= 15 is 0 Å². The van der Waals surface area contributed by atoms with Crippen LogP contribution in [0.4, 0.5) is 0 Å². The van der Waals surface area contributed by atoms with Gasteiger partial charge in [-0.15, -0.1) is 0 Å². The lowest BCUT2D eigenvalue weighted by molar-refractivity contribution is 0.575. The molecule has 0 bridgehead atoms. The van der Waals surface area contributed by atoms with Crippen molar-refractivity contribution in [2.24, 2.45) is 0 Å².